The number of rotatable bonds is 3. The van der Waals surface area contributed by atoms with Gasteiger partial charge in [0.1, 0.15) is 0 Å². The van der Waals surface area contributed by atoms with Crippen molar-refractivity contribution in [1.82, 2.24) is 5.43 Å². The van der Waals surface area contributed by atoms with Gasteiger partial charge in [-0.05, 0) is 35.9 Å². The summed E-state index contributed by atoms with van der Waals surface area (Å²) in [5, 5.41) is 6.00. The van der Waals surface area contributed by atoms with Crippen molar-refractivity contribution in [3.05, 3.63) is 69.9 Å². The van der Waals surface area contributed by atoms with E-state index in [0.29, 0.717) is 5.56 Å². The molecule has 0 unspecified atom stereocenters. The van der Waals surface area contributed by atoms with Gasteiger partial charge in [-0.15, -0.1) is 11.3 Å². The van der Waals surface area contributed by atoms with Crippen LogP contribution in [0.2, 0.25) is 0 Å². The summed E-state index contributed by atoms with van der Waals surface area (Å²) in [6, 6.07) is 17.5. The summed E-state index contributed by atoms with van der Waals surface area (Å²) in [7, 11) is 0. The predicted molar refractivity (Wildman–Crippen MR) is 88.1 cm³/mol. The highest BCUT2D eigenvalue weighted by Crippen LogP contribution is 2.18. The zero-order chi connectivity index (χ0) is 14.7. The smallest absolute Gasteiger partial charge is 0.267 e. The van der Waals surface area contributed by atoms with Crippen LogP contribution in [0.4, 0.5) is 0 Å². The number of nitrogens with zero attached hydrogens (tertiary/aromatic N) is 1. The fourth-order valence-corrected chi connectivity index (χ4v) is 2.91. The maximum absolute atomic E-state index is 12.2. The molecule has 4 heteroatoms. The summed E-state index contributed by atoms with van der Waals surface area (Å²) in [4.78, 5) is 14.5. The maximum atomic E-state index is 12.2. The Kier molecular flexibility index (Phi) is 3.79. The average Bonchev–Trinajstić information content (AvgIpc) is 2.92. The third kappa shape index (κ3) is 3.01. The molecule has 0 bridgehead atoms. The van der Waals surface area contributed by atoms with Crippen LogP contribution < -0.4 is 5.43 Å². The molecule has 0 aliphatic heterocycles. The average molecular weight is 294 g/mol. The van der Waals surface area contributed by atoms with Crippen molar-refractivity contribution in [3.8, 4) is 0 Å². The van der Waals surface area contributed by atoms with Crippen molar-refractivity contribution >= 4 is 34.2 Å². The van der Waals surface area contributed by atoms with Crippen LogP contribution in [0.15, 0.2) is 59.7 Å². The first-order chi connectivity index (χ1) is 10.2. The fourth-order valence-electron chi connectivity index (χ4n) is 2.16. The third-order valence-electron chi connectivity index (χ3n) is 3.15. The Morgan fingerprint density at radius 1 is 1.10 bits per heavy atom. The van der Waals surface area contributed by atoms with Crippen molar-refractivity contribution in [2.45, 2.75) is 6.92 Å². The molecular formula is C17H14N2OS. The molecule has 0 saturated heterocycles. The van der Waals surface area contributed by atoms with Gasteiger partial charge in [-0.1, -0.05) is 36.4 Å². The minimum absolute atomic E-state index is 0.198. The van der Waals surface area contributed by atoms with E-state index in [1.807, 2.05) is 61.5 Å². The van der Waals surface area contributed by atoms with Gasteiger partial charge in [0.15, 0.2) is 0 Å². The maximum Gasteiger partial charge on any atom is 0.271 e. The first-order valence-corrected chi connectivity index (χ1v) is 7.43. The van der Waals surface area contributed by atoms with Crippen molar-refractivity contribution in [3.63, 3.8) is 0 Å². The van der Waals surface area contributed by atoms with E-state index >= 15 is 0 Å². The fraction of sp³-hybridized carbons (Fsp3) is 0.0588. The summed E-state index contributed by atoms with van der Waals surface area (Å²) < 4.78 is 0. The molecule has 3 aromatic rings. The van der Waals surface area contributed by atoms with Crippen molar-refractivity contribution in [1.29, 1.82) is 0 Å². The normalized spacial score (nSPS) is 11.1. The summed E-state index contributed by atoms with van der Waals surface area (Å²) in [6.07, 6.45) is 1.67. The zero-order valence-electron chi connectivity index (χ0n) is 11.5. The molecule has 21 heavy (non-hydrogen) atoms. The molecule has 0 saturated carbocycles. The molecule has 3 rings (SSSR count). The first-order valence-electron chi connectivity index (χ1n) is 6.61. The lowest BCUT2D eigenvalue weighted by atomic mass is 10.0. The van der Waals surface area contributed by atoms with Crippen LogP contribution >= 0.6 is 11.3 Å². The Balaban J connectivity index is 1.80. The zero-order valence-corrected chi connectivity index (χ0v) is 12.4. The Bertz CT molecular complexity index is 815. The molecule has 0 fully saturated rings. The Morgan fingerprint density at radius 2 is 1.90 bits per heavy atom. The van der Waals surface area contributed by atoms with Crippen LogP contribution in [0.1, 0.15) is 20.1 Å². The van der Waals surface area contributed by atoms with Crippen LogP contribution in [0.5, 0.6) is 0 Å². The van der Waals surface area contributed by atoms with E-state index in [9.17, 15) is 4.79 Å². The molecule has 104 valence electrons. The van der Waals surface area contributed by atoms with E-state index in [1.54, 1.807) is 17.6 Å². The number of benzene rings is 2. The molecule has 1 amide bonds. The SMILES string of the molecule is Cc1ccc(C=NNC(=O)c2cccc3ccccc23)s1. The summed E-state index contributed by atoms with van der Waals surface area (Å²) >= 11 is 1.64. The van der Waals surface area contributed by atoms with Crippen molar-refractivity contribution in [2.75, 3.05) is 0 Å². The van der Waals surface area contributed by atoms with E-state index in [4.69, 9.17) is 0 Å². The lowest BCUT2D eigenvalue weighted by molar-refractivity contribution is 0.0957. The number of aryl methyl sites for hydroxylation is 1. The molecule has 0 radical (unpaired) electrons. The monoisotopic (exact) mass is 294 g/mol. The van der Waals surface area contributed by atoms with E-state index in [1.165, 1.54) is 4.88 Å². The van der Waals surface area contributed by atoms with Gasteiger partial charge in [0.05, 0.1) is 6.21 Å². The van der Waals surface area contributed by atoms with Crippen LogP contribution in [0.25, 0.3) is 10.8 Å². The van der Waals surface area contributed by atoms with Crippen molar-refractivity contribution < 1.29 is 4.79 Å². The topological polar surface area (TPSA) is 41.5 Å². The van der Waals surface area contributed by atoms with Gasteiger partial charge >= 0.3 is 0 Å². The second-order valence-electron chi connectivity index (χ2n) is 4.67. The van der Waals surface area contributed by atoms with Crippen LogP contribution in [0, 0.1) is 6.92 Å². The lowest BCUT2D eigenvalue weighted by Crippen LogP contribution is -2.17. The summed E-state index contributed by atoms with van der Waals surface area (Å²) in [5.74, 6) is -0.198. The summed E-state index contributed by atoms with van der Waals surface area (Å²) in [5.41, 5.74) is 3.22. The third-order valence-corrected chi connectivity index (χ3v) is 4.09. The Labute approximate surface area is 126 Å². The van der Waals surface area contributed by atoms with Crippen LogP contribution in [-0.4, -0.2) is 12.1 Å². The van der Waals surface area contributed by atoms with Gasteiger partial charge in [0.2, 0.25) is 0 Å². The molecule has 1 heterocycles. The number of nitrogens with one attached hydrogen (secondary N) is 1. The minimum Gasteiger partial charge on any atom is -0.267 e. The van der Waals surface area contributed by atoms with E-state index in [-0.39, 0.29) is 5.91 Å². The van der Waals surface area contributed by atoms with Crippen molar-refractivity contribution in [2.24, 2.45) is 5.10 Å². The molecule has 3 nitrogen and oxygen atoms in total. The molecule has 0 aliphatic carbocycles. The number of amides is 1. The highest BCUT2D eigenvalue weighted by Gasteiger charge is 2.08. The quantitative estimate of drug-likeness (QED) is 0.576. The largest absolute Gasteiger partial charge is 0.271 e. The van der Waals surface area contributed by atoms with Gasteiger partial charge in [-0.25, -0.2) is 5.43 Å². The Hall–Kier alpha value is -2.46. The number of fused-ring (bicyclic) bond motifs is 1. The standard InChI is InChI=1S/C17H14N2OS/c1-12-9-10-14(21-12)11-18-19-17(20)16-8-4-6-13-5-2-3-7-15(13)16/h2-11H,1H3,(H,19,20). The molecule has 0 aliphatic rings. The van der Waals surface area contributed by atoms with Gasteiger partial charge in [0.25, 0.3) is 5.91 Å². The number of hydrogen-bond donors (Lipinski definition) is 1. The highest BCUT2D eigenvalue weighted by atomic mass is 32.1. The van der Waals surface area contributed by atoms with Gasteiger partial charge in [0, 0.05) is 15.3 Å². The van der Waals surface area contributed by atoms with Gasteiger partial charge < -0.3 is 0 Å². The van der Waals surface area contributed by atoms with Gasteiger partial charge in [-0.3, -0.25) is 4.79 Å². The van der Waals surface area contributed by atoms with E-state index in [2.05, 4.69) is 10.5 Å². The van der Waals surface area contributed by atoms with E-state index < -0.39 is 0 Å². The number of carbonyl (C=O) groups is 1. The summed E-state index contributed by atoms with van der Waals surface area (Å²) in [6.45, 7) is 2.04. The van der Waals surface area contributed by atoms with Crippen LogP contribution in [0.3, 0.4) is 0 Å². The second-order valence-corrected chi connectivity index (χ2v) is 5.99. The number of hydrogen-bond acceptors (Lipinski definition) is 3. The molecule has 2 aromatic carbocycles. The van der Waals surface area contributed by atoms with E-state index in [0.717, 1.165) is 15.6 Å². The van der Waals surface area contributed by atoms with Crippen LogP contribution in [-0.2, 0) is 0 Å². The number of thiophene rings is 1. The number of carbonyl (C=O) groups excluding carboxylic acids is 1. The lowest BCUT2D eigenvalue weighted by Gasteiger charge is -2.04. The molecule has 1 aromatic heterocycles. The number of hydrazone groups is 1. The first kappa shape index (κ1) is 13.5. The predicted octanol–water partition coefficient (Wildman–Crippen LogP) is 3.97. The Morgan fingerprint density at radius 3 is 2.71 bits per heavy atom. The second kappa shape index (κ2) is 5.89. The van der Waals surface area contributed by atoms with Gasteiger partial charge in [-0.2, -0.15) is 5.10 Å². The minimum atomic E-state index is -0.198. The molecule has 1 N–H and O–H groups in total. The molecule has 0 atom stereocenters. The molecular weight excluding hydrogens is 280 g/mol. The highest BCUT2D eigenvalue weighted by molar-refractivity contribution is 7.13. The molecule has 0 spiro atoms.